The van der Waals surface area contributed by atoms with Crippen LogP contribution in [-0.2, 0) is 0 Å². The van der Waals surface area contributed by atoms with Gasteiger partial charge in [-0.15, -0.1) is 12.4 Å². The van der Waals surface area contributed by atoms with Crippen molar-refractivity contribution in [2.75, 3.05) is 19.0 Å². The van der Waals surface area contributed by atoms with Crippen molar-refractivity contribution in [3.05, 3.63) is 18.3 Å². The third-order valence-corrected chi connectivity index (χ3v) is 1.97. The van der Waals surface area contributed by atoms with Crippen molar-refractivity contribution < 1.29 is 9.53 Å². The number of rotatable bonds is 5. The minimum Gasteiger partial charge on any atom is -0.478 e. The van der Waals surface area contributed by atoms with E-state index in [1.165, 1.54) is 0 Å². The normalized spacial score (nSPS) is 9.06. The maximum Gasteiger partial charge on any atom is 0.319 e. The zero-order chi connectivity index (χ0) is 11.8. The first-order valence-corrected chi connectivity index (χ1v) is 5.34. The van der Waals surface area contributed by atoms with Gasteiger partial charge < -0.3 is 15.4 Å². The number of carbonyl (C=O) groups excluding carboxylic acids is 1. The number of ether oxygens (including phenoxy) is 1. The molecule has 0 fully saturated rings. The second-order valence-corrected chi connectivity index (χ2v) is 3.29. The SMILES string of the molecule is CCCCOc1ccc(NC(=O)NC)cn1.Cl. The Morgan fingerprint density at radius 3 is 2.76 bits per heavy atom. The Balaban J connectivity index is 0.00000256. The number of pyridine rings is 1. The van der Waals surface area contributed by atoms with Crippen LogP contribution in [0.15, 0.2) is 18.3 Å². The molecule has 0 unspecified atom stereocenters. The predicted molar refractivity (Wildman–Crippen MR) is 70.0 cm³/mol. The number of nitrogens with zero attached hydrogens (tertiary/aromatic N) is 1. The predicted octanol–water partition coefficient (Wildman–Crippen LogP) is 2.43. The van der Waals surface area contributed by atoms with E-state index in [9.17, 15) is 4.79 Å². The number of unbranched alkanes of at least 4 members (excludes halogenated alkanes) is 1. The summed E-state index contributed by atoms with van der Waals surface area (Å²) in [7, 11) is 1.56. The molecule has 0 aliphatic rings. The number of carbonyl (C=O) groups is 1. The Morgan fingerprint density at radius 2 is 2.24 bits per heavy atom. The molecule has 5 nitrogen and oxygen atoms in total. The number of hydrogen-bond donors (Lipinski definition) is 2. The van der Waals surface area contributed by atoms with Crippen LogP contribution in [0.5, 0.6) is 5.88 Å². The highest BCUT2D eigenvalue weighted by molar-refractivity contribution is 5.88. The monoisotopic (exact) mass is 259 g/mol. The first-order valence-electron chi connectivity index (χ1n) is 5.34. The minimum atomic E-state index is -0.263. The van der Waals surface area contributed by atoms with Gasteiger partial charge >= 0.3 is 6.03 Å². The summed E-state index contributed by atoms with van der Waals surface area (Å²) in [6, 6.07) is 3.23. The van der Waals surface area contributed by atoms with E-state index in [1.54, 1.807) is 25.4 Å². The molecule has 0 saturated heterocycles. The number of hydrogen-bond acceptors (Lipinski definition) is 3. The first kappa shape index (κ1) is 15.5. The van der Waals surface area contributed by atoms with Gasteiger partial charge in [0, 0.05) is 13.1 Å². The molecule has 2 N–H and O–H groups in total. The highest BCUT2D eigenvalue weighted by Gasteiger charge is 1.99. The third kappa shape index (κ3) is 5.97. The van der Waals surface area contributed by atoms with E-state index in [0.29, 0.717) is 18.2 Å². The fraction of sp³-hybridized carbons (Fsp3) is 0.455. The van der Waals surface area contributed by atoms with E-state index in [2.05, 4.69) is 22.5 Å². The summed E-state index contributed by atoms with van der Waals surface area (Å²) in [4.78, 5) is 15.1. The van der Waals surface area contributed by atoms with Crippen LogP contribution in [0.4, 0.5) is 10.5 Å². The quantitative estimate of drug-likeness (QED) is 0.799. The van der Waals surface area contributed by atoms with Gasteiger partial charge in [-0.3, -0.25) is 0 Å². The Kier molecular flexibility index (Phi) is 7.88. The number of amides is 2. The van der Waals surface area contributed by atoms with Crippen molar-refractivity contribution in [2.45, 2.75) is 19.8 Å². The van der Waals surface area contributed by atoms with Crippen LogP contribution in [0.25, 0.3) is 0 Å². The highest BCUT2D eigenvalue weighted by Crippen LogP contribution is 2.11. The molecule has 0 bridgehead atoms. The molecule has 0 spiro atoms. The van der Waals surface area contributed by atoms with E-state index >= 15 is 0 Å². The summed E-state index contributed by atoms with van der Waals surface area (Å²) >= 11 is 0. The summed E-state index contributed by atoms with van der Waals surface area (Å²) in [5, 5.41) is 5.08. The molecule has 0 radical (unpaired) electrons. The third-order valence-electron chi connectivity index (χ3n) is 1.97. The average Bonchev–Trinajstić information content (AvgIpc) is 2.31. The Labute approximate surface area is 107 Å². The topological polar surface area (TPSA) is 63.2 Å². The zero-order valence-electron chi connectivity index (χ0n) is 10.0. The van der Waals surface area contributed by atoms with Crippen LogP contribution in [0.1, 0.15) is 19.8 Å². The smallest absolute Gasteiger partial charge is 0.319 e. The molecule has 2 amide bonds. The summed E-state index contributed by atoms with van der Waals surface area (Å²) in [6.45, 7) is 2.78. The molecule has 0 saturated carbocycles. The Bertz CT molecular complexity index is 330. The zero-order valence-corrected chi connectivity index (χ0v) is 10.8. The molecular weight excluding hydrogens is 242 g/mol. The lowest BCUT2D eigenvalue weighted by Gasteiger charge is -2.06. The van der Waals surface area contributed by atoms with E-state index < -0.39 is 0 Å². The summed E-state index contributed by atoms with van der Waals surface area (Å²) in [5.74, 6) is 0.580. The minimum absolute atomic E-state index is 0. The van der Waals surface area contributed by atoms with Gasteiger partial charge in [-0.05, 0) is 12.5 Å². The van der Waals surface area contributed by atoms with Gasteiger partial charge in [0.15, 0.2) is 0 Å². The van der Waals surface area contributed by atoms with Gasteiger partial charge in [0.25, 0.3) is 0 Å². The molecule has 1 heterocycles. The fourth-order valence-corrected chi connectivity index (χ4v) is 1.05. The van der Waals surface area contributed by atoms with Gasteiger partial charge in [0.2, 0.25) is 5.88 Å². The number of nitrogens with one attached hydrogen (secondary N) is 2. The van der Waals surface area contributed by atoms with Crippen molar-refractivity contribution in [2.24, 2.45) is 0 Å². The standard InChI is InChI=1S/C11H17N3O2.ClH/c1-3-4-7-16-10-6-5-9(8-13-10)14-11(15)12-2;/h5-6,8H,3-4,7H2,1-2H3,(H2,12,14,15);1H. The number of urea groups is 1. The second-order valence-electron chi connectivity index (χ2n) is 3.29. The second kappa shape index (κ2) is 8.64. The van der Waals surface area contributed by atoms with Crippen LogP contribution in [0.3, 0.4) is 0 Å². The molecule has 6 heteroatoms. The summed E-state index contributed by atoms with van der Waals surface area (Å²) in [6.07, 6.45) is 3.67. The molecule has 1 aromatic rings. The van der Waals surface area contributed by atoms with Crippen LogP contribution in [-0.4, -0.2) is 24.7 Å². The molecule has 0 aliphatic carbocycles. The van der Waals surface area contributed by atoms with E-state index in [1.807, 2.05) is 0 Å². The molecule has 17 heavy (non-hydrogen) atoms. The van der Waals surface area contributed by atoms with Crippen molar-refractivity contribution in [1.29, 1.82) is 0 Å². The lowest BCUT2D eigenvalue weighted by atomic mass is 10.4. The molecule has 1 aromatic heterocycles. The fourth-order valence-electron chi connectivity index (χ4n) is 1.05. The van der Waals surface area contributed by atoms with E-state index in [4.69, 9.17) is 4.74 Å². The summed E-state index contributed by atoms with van der Waals surface area (Å²) in [5.41, 5.74) is 0.641. The highest BCUT2D eigenvalue weighted by atomic mass is 35.5. The van der Waals surface area contributed by atoms with Crippen LogP contribution < -0.4 is 15.4 Å². The Hall–Kier alpha value is -1.49. The van der Waals surface area contributed by atoms with Crippen LogP contribution in [0.2, 0.25) is 0 Å². The molecule has 1 rings (SSSR count). The number of halogens is 1. The largest absolute Gasteiger partial charge is 0.478 e. The molecule has 0 aromatic carbocycles. The van der Waals surface area contributed by atoms with Gasteiger partial charge in [-0.1, -0.05) is 13.3 Å². The van der Waals surface area contributed by atoms with Crippen molar-refractivity contribution in [3.8, 4) is 5.88 Å². The number of aromatic nitrogens is 1. The summed E-state index contributed by atoms with van der Waals surface area (Å²) < 4.78 is 5.39. The number of anilines is 1. The average molecular weight is 260 g/mol. The van der Waals surface area contributed by atoms with Gasteiger partial charge in [0.05, 0.1) is 18.5 Å². The van der Waals surface area contributed by atoms with Crippen molar-refractivity contribution in [3.63, 3.8) is 0 Å². The molecule has 0 aliphatic heterocycles. The maximum absolute atomic E-state index is 11.0. The lowest BCUT2D eigenvalue weighted by Crippen LogP contribution is -2.24. The van der Waals surface area contributed by atoms with Crippen molar-refractivity contribution >= 4 is 24.1 Å². The van der Waals surface area contributed by atoms with Crippen molar-refractivity contribution in [1.82, 2.24) is 10.3 Å². The van der Waals surface area contributed by atoms with E-state index in [0.717, 1.165) is 12.8 Å². The molecular formula is C11H18ClN3O2. The van der Waals surface area contributed by atoms with Gasteiger partial charge in [-0.2, -0.15) is 0 Å². The van der Waals surface area contributed by atoms with Crippen LogP contribution >= 0.6 is 12.4 Å². The lowest BCUT2D eigenvalue weighted by molar-refractivity contribution is 0.254. The van der Waals surface area contributed by atoms with Gasteiger partial charge in [0.1, 0.15) is 0 Å². The molecule has 96 valence electrons. The molecule has 0 atom stereocenters. The van der Waals surface area contributed by atoms with Crippen LogP contribution in [0, 0.1) is 0 Å². The van der Waals surface area contributed by atoms with Gasteiger partial charge in [-0.25, -0.2) is 9.78 Å². The maximum atomic E-state index is 11.0. The Morgan fingerprint density at radius 1 is 1.47 bits per heavy atom. The first-order chi connectivity index (χ1) is 7.76. The van der Waals surface area contributed by atoms with E-state index in [-0.39, 0.29) is 18.4 Å².